The molecule has 0 unspecified atom stereocenters. The van der Waals surface area contributed by atoms with E-state index < -0.39 is 9.84 Å². The minimum atomic E-state index is -3.33. The summed E-state index contributed by atoms with van der Waals surface area (Å²) in [5.74, 6) is 1.30. The lowest BCUT2D eigenvalue weighted by atomic mass is 10.2. The number of methoxy groups -OCH3 is 1. The molecule has 3 rings (SSSR count). The van der Waals surface area contributed by atoms with E-state index in [1.165, 1.54) is 17.1 Å². The van der Waals surface area contributed by atoms with E-state index in [2.05, 4.69) is 21.4 Å². The molecular formula is C17H17N3O3S2. The monoisotopic (exact) mass is 375 g/mol. The van der Waals surface area contributed by atoms with Crippen LogP contribution in [0.4, 0.5) is 5.82 Å². The summed E-state index contributed by atoms with van der Waals surface area (Å²) < 4.78 is 28.5. The number of nitrogens with zero attached hydrogens (tertiary/aromatic N) is 2. The van der Waals surface area contributed by atoms with Crippen molar-refractivity contribution in [3.8, 4) is 17.0 Å². The number of hydrogen-bond acceptors (Lipinski definition) is 7. The van der Waals surface area contributed by atoms with Gasteiger partial charge in [0.25, 0.3) is 0 Å². The van der Waals surface area contributed by atoms with Crippen molar-refractivity contribution in [2.45, 2.75) is 11.6 Å². The van der Waals surface area contributed by atoms with Crippen LogP contribution in [0, 0.1) is 0 Å². The van der Waals surface area contributed by atoms with Crippen LogP contribution < -0.4 is 10.1 Å². The summed E-state index contributed by atoms with van der Waals surface area (Å²) in [6, 6.07) is 10.9. The Morgan fingerprint density at radius 3 is 2.64 bits per heavy atom. The highest BCUT2D eigenvalue weighted by molar-refractivity contribution is 7.90. The van der Waals surface area contributed by atoms with E-state index >= 15 is 0 Å². The van der Waals surface area contributed by atoms with Crippen molar-refractivity contribution in [2.75, 3.05) is 18.7 Å². The summed E-state index contributed by atoms with van der Waals surface area (Å²) >= 11 is 1.67. The minimum Gasteiger partial charge on any atom is -0.494 e. The second-order valence-electron chi connectivity index (χ2n) is 5.34. The molecule has 3 heterocycles. The fourth-order valence-electron chi connectivity index (χ4n) is 2.25. The number of nitrogens with one attached hydrogen (secondary N) is 1. The topological polar surface area (TPSA) is 81.2 Å². The summed E-state index contributed by atoms with van der Waals surface area (Å²) in [5, 5.41) is 5.33. The maximum Gasteiger partial charge on any atom is 0.192 e. The molecular weight excluding hydrogens is 358 g/mol. The molecule has 0 aliphatic heterocycles. The van der Waals surface area contributed by atoms with E-state index in [4.69, 9.17) is 4.74 Å². The van der Waals surface area contributed by atoms with Gasteiger partial charge in [-0.3, -0.25) is 0 Å². The molecule has 0 aliphatic carbocycles. The molecule has 3 aromatic rings. The third kappa shape index (κ3) is 4.15. The summed E-state index contributed by atoms with van der Waals surface area (Å²) in [4.78, 5) is 9.81. The molecule has 6 nitrogen and oxygen atoms in total. The Kier molecular flexibility index (Phi) is 5.00. The highest BCUT2D eigenvalue weighted by Gasteiger charge is 2.13. The van der Waals surface area contributed by atoms with Gasteiger partial charge in [-0.05, 0) is 35.7 Å². The number of sulfone groups is 1. The van der Waals surface area contributed by atoms with Crippen LogP contribution in [0.2, 0.25) is 0 Å². The molecule has 0 atom stereocenters. The van der Waals surface area contributed by atoms with Crippen LogP contribution >= 0.6 is 11.3 Å². The van der Waals surface area contributed by atoms with E-state index in [9.17, 15) is 8.42 Å². The molecule has 8 heteroatoms. The Hall–Kier alpha value is -2.45. The van der Waals surface area contributed by atoms with Gasteiger partial charge in [-0.2, -0.15) is 0 Å². The van der Waals surface area contributed by atoms with Crippen molar-refractivity contribution in [3.63, 3.8) is 0 Å². The quantitative estimate of drug-likeness (QED) is 0.712. The van der Waals surface area contributed by atoms with Gasteiger partial charge in [0.2, 0.25) is 0 Å². The first-order valence-corrected chi connectivity index (χ1v) is 10.2. The first-order valence-electron chi connectivity index (χ1n) is 7.45. The van der Waals surface area contributed by atoms with Crippen LogP contribution in [0.3, 0.4) is 0 Å². The van der Waals surface area contributed by atoms with Crippen LogP contribution in [0.15, 0.2) is 53.0 Å². The highest BCUT2D eigenvalue weighted by Crippen LogP contribution is 2.29. The number of thiophene rings is 1. The van der Waals surface area contributed by atoms with Gasteiger partial charge in [-0.25, -0.2) is 18.4 Å². The lowest BCUT2D eigenvalue weighted by molar-refractivity contribution is 0.415. The Bertz CT molecular complexity index is 953. The molecule has 0 aliphatic rings. The van der Waals surface area contributed by atoms with Crippen molar-refractivity contribution in [1.82, 2.24) is 9.97 Å². The maximum absolute atomic E-state index is 11.5. The first kappa shape index (κ1) is 17.4. The third-order valence-electron chi connectivity index (χ3n) is 3.49. The lowest BCUT2D eigenvalue weighted by Crippen LogP contribution is -2.03. The van der Waals surface area contributed by atoms with Gasteiger partial charge in [-0.15, -0.1) is 11.3 Å². The van der Waals surface area contributed by atoms with Gasteiger partial charge in [-0.1, -0.05) is 6.07 Å². The molecule has 25 heavy (non-hydrogen) atoms. The first-order chi connectivity index (χ1) is 12.0. The van der Waals surface area contributed by atoms with Crippen LogP contribution in [0.1, 0.15) is 4.88 Å². The summed E-state index contributed by atoms with van der Waals surface area (Å²) in [5.41, 5.74) is 1.29. The summed E-state index contributed by atoms with van der Waals surface area (Å²) in [6.45, 7) is 0.682. The van der Waals surface area contributed by atoms with Crippen molar-refractivity contribution >= 4 is 27.0 Å². The van der Waals surface area contributed by atoms with E-state index in [1.54, 1.807) is 24.5 Å². The average Bonchev–Trinajstić information content (AvgIpc) is 3.12. The minimum absolute atomic E-state index is 0.0298. The molecule has 1 N–H and O–H groups in total. The Labute approximate surface area is 150 Å². The lowest BCUT2D eigenvalue weighted by Gasteiger charge is -2.11. The van der Waals surface area contributed by atoms with Crippen LogP contribution in [0.25, 0.3) is 11.3 Å². The van der Waals surface area contributed by atoms with Gasteiger partial charge < -0.3 is 10.1 Å². The van der Waals surface area contributed by atoms with Crippen LogP contribution in [0.5, 0.6) is 5.75 Å². The van der Waals surface area contributed by atoms with E-state index in [1.807, 2.05) is 23.6 Å². The smallest absolute Gasteiger partial charge is 0.192 e. The number of hydrogen-bond donors (Lipinski definition) is 1. The second kappa shape index (κ2) is 7.20. The van der Waals surface area contributed by atoms with Crippen molar-refractivity contribution < 1.29 is 13.2 Å². The summed E-state index contributed by atoms with van der Waals surface area (Å²) in [6.07, 6.45) is 2.62. The van der Waals surface area contributed by atoms with Gasteiger partial charge in [0.15, 0.2) is 14.9 Å². The Balaban J connectivity index is 1.89. The fourth-order valence-corrected chi connectivity index (χ4v) is 3.45. The van der Waals surface area contributed by atoms with Gasteiger partial charge in [0.1, 0.15) is 17.3 Å². The third-order valence-corrected chi connectivity index (χ3v) is 5.37. The van der Waals surface area contributed by atoms with E-state index in [0.717, 1.165) is 6.26 Å². The molecule has 0 amide bonds. The van der Waals surface area contributed by atoms with Gasteiger partial charge >= 0.3 is 0 Å². The zero-order valence-corrected chi connectivity index (χ0v) is 15.4. The Morgan fingerprint density at radius 1 is 1.20 bits per heavy atom. The number of pyridine rings is 2. The van der Waals surface area contributed by atoms with Crippen LogP contribution in [-0.2, 0) is 16.4 Å². The maximum atomic E-state index is 11.5. The molecule has 130 valence electrons. The molecule has 0 fully saturated rings. The highest BCUT2D eigenvalue weighted by atomic mass is 32.2. The number of aromatic nitrogens is 2. The van der Waals surface area contributed by atoms with E-state index in [0.29, 0.717) is 29.4 Å². The molecule has 0 saturated heterocycles. The predicted molar refractivity (Wildman–Crippen MR) is 98.8 cm³/mol. The predicted octanol–water partition coefficient (Wildman–Crippen LogP) is 3.23. The zero-order chi connectivity index (χ0) is 17.9. The molecule has 3 aromatic heterocycles. The van der Waals surface area contributed by atoms with Crippen molar-refractivity contribution in [3.05, 3.63) is 52.9 Å². The number of ether oxygens (including phenoxy) is 1. The molecule has 0 saturated carbocycles. The molecule has 0 radical (unpaired) electrons. The Morgan fingerprint density at radius 2 is 2.04 bits per heavy atom. The second-order valence-corrected chi connectivity index (χ2v) is 8.33. The largest absolute Gasteiger partial charge is 0.494 e. The molecule has 0 aromatic carbocycles. The fraction of sp³-hybridized carbons (Fsp3) is 0.176. The average molecular weight is 375 g/mol. The number of rotatable bonds is 6. The van der Waals surface area contributed by atoms with Crippen LogP contribution in [-0.4, -0.2) is 31.8 Å². The zero-order valence-electron chi connectivity index (χ0n) is 13.8. The normalized spacial score (nSPS) is 11.3. The van der Waals surface area contributed by atoms with Gasteiger partial charge in [0, 0.05) is 22.9 Å². The van der Waals surface area contributed by atoms with Crippen molar-refractivity contribution in [2.24, 2.45) is 0 Å². The standard InChI is InChI=1S/C17H17N3O3S2/c1-23-14-6-7-15(18-11-13-4-3-9-24-13)20-17(14)12-5-8-16(19-10-12)25(2,21)22/h3-10H,11H2,1-2H3,(H,18,20). The number of anilines is 1. The SMILES string of the molecule is COc1ccc(NCc2cccs2)nc1-c1ccc(S(C)(=O)=O)nc1. The van der Waals surface area contributed by atoms with Gasteiger partial charge in [0.05, 0.1) is 13.7 Å². The van der Waals surface area contributed by atoms with E-state index in [-0.39, 0.29) is 5.03 Å². The molecule has 0 spiro atoms. The summed E-state index contributed by atoms with van der Waals surface area (Å²) in [7, 11) is -1.77. The van der Waals surface area contributed by atoms with Crippen molar-refractivity contribution in [1.29, 1.82) is 0 Å². The molecule has 0 bridgehead atoms.